The van der Waals surface area contributed by atoms with E-state index in [1.54, 1.807) is 0 Å². The van der Waals surface area contributed by atoms with Crippen molar-refractivity contribution in [3.05, 3.63) is 83.4 Å². The van der Waals surface area contributed by atoms with Crippen LogP contribution in [-0.4, -0.2) is 17.3 Å². The lowest BCUT2D eigenvalue weighted by atomic mass is 10.0. The van der Waals surface area contributed by atoms with Gasteiger partial charge >= 0.3 is 6.18 Å². The summed E-state index contributed by atoms with van der Waals surface area (Å²) < 4.78 is 61.8. The van der Waals surface area contributed by atoms with Crippen molar-refractivity contribution in [1.82, 2.24) is 4.72 Å². The molecule has 3 aromatic carbocycles. The van der Waals surface area contributed by atoms with Gasteiger partial charge in [-0.25, -0.2) is 13.7 Å². The molecular weight excluding hydrogens is 449 g/mol. The van der Waals surface area contributed by atoms with Gasteiger partial charge in [0.25, 0.3) is 0 Å². The SMILES string of the molecule is N=S(=O)(NCCCN1c2ccccc2CCc2ccc(N)cc21)c1ccc(C(F)(F)F)cc1. The van der Waals surface area contributed by atoms with Gasteiger partial charge in [-0.15, -0.1) is 0 Å². The van der Waals surface area contributed by atoms with Gasteiger partial charge in [0.15, 0.2) is 0 Å². The number of nitrogens with two attached hydrogens (primary N) is 1. The molecule has 0 aliphatic carbocycles. The number of hydrogen-bond acceptors (Lipinski definition) is 4. The molecule has 0 saturated carbocycles. The number of halogens is 3. The van der Waals surface area contributed by atoms with Crippen LogP contribution in [0.25, 0.3) is 0 Å². The Morgan fingerprint density at radius 2 is 1.64 bits per heavy atom. The Balaban J connectivity index is 1.47. The Labute approximate surface area is 191 Å². The van der Waals surface area contributed by atoms with E-state index in [-0.39, 0.29) is 11.4 Å². The molecule has 0 amide bonds. The zero-order valence-corrected chi connectivity index (χ0v) is 18.7. The fraction of sp³-hybridized carbons (Fsp3) is 0.250. The molecule has 1 atom stereocenters. The van der Waals surface area contributed by atoms with Crippen LogP contribution in [0.5, 0.6) is 0 Å². The molecule has 0 aromatic heterocycles. The number of anilines is 3. The molecule has 174 valence electrons. The van der Waals surface area contributed by atoms with Crippen LogP contribution in [-0.2, 0) is 28.9 Å². The molecule has 9 heteroatoms. The molecule has 33 heavy (non-hydrogen) atoms. The summed E-state index contributed by atoms with van der Waals surface area (Å²) in [5.41, 5.74) is 10.5. The van der Waals surface area contributed by atoms with Crippen LogP contribution in [0.2, 0.25) is 0 Å². The molecule has 0 radical (unpaired) electrons. The number of nitrogens with one attached hydrogen (secondary N) is 2. The third-order valence-electron chi connectivity index (χ3n) is 5.72. The van der Waals surface area contributed by atoms with E-state index in [2.05, 4.69) is 21.8 Å². The molecule has 0 spiro atoms. The standard InChI is InChI=1S/C24H25F3N4OS/c25-24(26,27)19-9-12-21(13-10-19)33(29,32)30-14-3-15-31-22-5-2-1-4-17(22)6-7-18-8-11-20(28)16-23(18)31/h1-2,4-5,8-13,16H,3,6-7,14-15,28H2,(H2,29,30,32). The van der Waals surface area contributed by atoms with Crippen LogP contribution in [0.15, 0.2) is 71.6 Å². The molecule has 5 nitrogen and oxygen atoms in total. The average molecular weight is 475 g/mol. The zero-order chi connectivity index (χ0) is 23.6. The van der Waals surface area contributed by atoms with Crippen molar-refractivity contribution in [2.75, 3.05) is 23.7 Å². The van der Waals surface area contributed by atoms with Crippen LogP contribution in [0.3, 0.4) is 0 Å². The van der Waals surface area contributed by atoms with Crippen LogP contribution < -0.4 is 15.4 Å². The van der Waals surface area contributed by atoms with Crippen molar-refractivity contribution >= 4 is 27.0 Å². The first-order chi connectivity index (χ1) is 15.6. The van der Waals surface area contributed by atoms with Crippen LogP contribution in [0.4, 0.5) is 30.2 Å². The van der Waals surface area contributed by atoms with E-state index in [1.165, 1.54) is 11.1 Å². The largest absolute Gasteiger partial charge is 0.416 e. The number of alkyl halides is 3. The van der Waals surface area contributed by atoms with Crippen LogP contribution in [0, 0.1) is 4.78 Å². The summed E-state index contributed by atoms with van der Waals surface area (Å²) in [5.74, 6) is 0. The summed E-state index contributed by atoms with van der Waals surface area (Å²) in [6.45, 7) is 0.864. The first-order valence-corrected chi connectivity index (χ1v) is 12.2. The summed E-state index contributed by atoms with van der Waals surface area (Å²) in [5, 5.41) is 0. The lowest BCUT2D eigenvalue weighted by Crippen LogP contribution is -2.28. The molecule has 1 aliphatic rings. The smallest absolute Gasteiger partial charge is 0.399 e. The summed E-state index contributed by atoms with van der Waals surface area (Å²) in [7, 11) is -3.42. The van der Waals surface area contributed by atoms with E-state index in [4.69, 9.17) is 10.5 Å². The number of rotatable bonds is 6. The van der Waals surface area contributed by atoms with Gasteiger partial charge in [-0.3, -0.25) is 0 Å². The topological polar surface area (TPSA) is 82.2 Å². The second kappa shape index (κ2) is 9.07. The summed E-state index contributed by atoms with van der Waals surface area (Å²) in [6, 6.07) is 18.0. The van der Waals surface area contributed by atoms with E-state index in [9.17, 15) is 17.4 Å². The molecule has 1 aliphatic heterocycles. The van der Waals surface area contributed by atoms with Gasteiger partial charge in [-0.1, -0.05) is 24.3 Å². The van der Waals surface area contributed by atoms with Crippen molar-refractivity contribution in [3.8, 4) is 0 Å². The second-order valence-electron chi connectivity index (χ2n) is 7.99. The number of fused-ring (bicyclic) bond motifs is 2. The Hall–Kier alpha value is -3.04. The third kappa shape index (κ3) is 5.15. The molecule has 3 aromatic rings. The zero-order valence-electron chi connectivity index (χ0n) is 17.9. The number of para-hydroxylation sites is 1. The molecule has 0 bridgehead atoms. The lowest BCUT2D eigenvalue weighted by Gasteiger charge is -2.27. The number of nitrogens with zero attached hydrogens (tertiary/aromatic N) is 1. The van der Waals surface area contributed by atoms with Gasteiger partial charge in [0, 0.05) is 30.2 Å². The van der Waals surface area contributed by atoms with E-state index < -0.39 is 21.7 Å². The Kier molecular flexibility index (Phi) is 6.36. The monoisotopic (exact) mass is 474 g/mol. The second-order valence-corrected chi connectivity index (χ2v) is 9.87. The maximum atomic E-state index is 12.8. The fourth-order valence-electron chi connectivity index (χ4n) is 4.04. The molecule has 0 saturated heterocycles. The molecule has 1 unspecified atom stereocenters. The number of benzene rings is 3. The third-order valence-corrected chi connectivity index (χ3v) is 7.27. The minimum absolute atomic E-state index is 0.0220. The maximum Gasteiger partial charge on any atom is 0.416 e. The highest BCUT2D eigenvalue weighted by Crippen LogP contribution is 2.37. The highest BCUT2D eigenvalue weighted by atomic mass is 32.2. The molecule has 4 rings (SSSR count). The minimum atomic E-state index is -4.47. The first kappa shape index (κ1) is 23.1. The normalized spacial score (nSPS) is 15.3. The van der Waals surface area contributed by atoms with Gasteiger partial charge in [0.05, 0.1) is 10.5 Å². The Bertz CT molecular complexity index is 1240. The quantitative estimate of drug-likeness (QED) is 0.325. The predicted octanol–water partition coefficient (Wildman–Crippen LogP) is 5.52. The number of aryl methyl sites for hydroxylation is 2. The number of hydrogen-bond donors (Lipinski definition) is 3. The van der Waals surface area contributed by atoms with E-state index in [1.807, 2.05) is 30.3 Å². The van der Waals surface area contributed by atoms with E-state index in [0.29, 0.717) is 18.7 Å². The average Bonchev–Trinajstić information content (AvgIpc) is 2.93. The fourth-order valence-corrected chi connectivity index (χ4v) is 5.16. The summed E-state index contributed by atoms with van der Waals surface area (Å²) >= 11 is 0. The van der Waals surface area contributed by atoms with E-state index >= 15 is 0 Å². The van der Waals surface area contributed by atoms with Gasteiger partial charge in [-0.05, 0) is 72.9 Å². The van der Waals surface area contributed by atoms with Gasteiger partial charge in [-0.2, -0.15) is 13.2 Å². The molecule has 4 N–H and O–H groups in total. The summed E-state index contributed by atoms with van der Waals surface area (Å²) in [6.07, 6.45) is -2.09. The minimum Gasteiger partial charge on any atom is -0.399 e. The van der Waals surface area contributed by atoms with Crippen molar-refractivity contribution in [1.29, 1.82) is 4.78 Å². The van der Waals surface area contributed by atoms with Crippen molar-refractivity contribution in [2.45, 2.75) is 30.3 Å². The van der Waals surface area contributed by atoms with Crippen LogP contribution in [0.1, 0.15) is 23.1 Å². The maximum absolute atomic E-state index is 12.8. The predicted molar refractivity (Wildman–Crippen MR) is 125 cm³/mol. The van der Waals surface area contributed by atoms with Gasteiger partial charge in [0.2, 0.25) is 0 Å². The lowest BCUT2D eigenvalue weighted by molar-refractivity contribution is -0.137. The van der Waals surface area contributed by atoms with Gasteiger partial charge < -0.3 is 10.6 Å². The first-order valence-electron chi connectivity index (χ1n) is 10.6. The molecule has 0 fully saturated rings. The highest BCUT2D eigenvalue weighted by Gasteiger charge is 2.30. The highest BCUT2D eigenvalue weighted by molar-refractivity contribution is 7.90. The Morgan fingerprint density at radius 1 is 0.970 bits per heavy atom. The van der Waals surface area contributed by atoms with E-state index in [0.717, 1.165) is 48.5 Å². The molecular formula is C24H25F3N4OS. The summed E-state index contributed by atoms with van der Waals surface area (Å²) in [4.78, 5) is 2.22. The van der Waals surface area contributed by atoms with Crippen molar-refractivity contribution < 1.29 is 17.4 Å². The Morgan fingerprint density at radius 3 is 2.33 bits per heavy atom. The van der Waals surface area contributed by atoms with Crippen molar-refractivity contribution in [3.63, 3.8) is 0 Å². The number of nitrogen functional groups attached to an aromatic ring is 1. The molecule has 1 heterocycles. The van der Waals surface area contributed by atoms with Crippen molar-refractivity contribution in [2.24, 2.45) is 0 Å². The van der Waals surface area contributed by atoms with Crippen LogP contribution >= 0.6 is 0 Å². The van der Waals surface area contributed by atoms with Gasteiger partial charge in [0.1, 0.15) is 9.92 Å².